The van der Waals surface area contributed by atoms with Crippen molar-refractivity contribution in [1.29, 1.82) is 5.41 Å². The number of nitrogens with zero attached hydrogens (tertiary/aromatic N) is 3. The standard InChI is InChI=1S/C29H38N8O10S2/c1-27(2)21(24(39)37(27)47-49(42,43)44)34-23(38)20(17-14-48-26(32)33-17)36-46-28(3,25(40)41)19-8-6-15-13-16(5-7-18(15)45-19)22(31)35-29(10-11-29)9-4-12-30/h5,7,13-14,19,21H,4,6,8-12,30H2,1-3H3,(H2,31,35)(H2,32,33)(H,34,38)(H,40,41)(H,42,43,44)/b36-20-/t19-,21-,28?/m1/s1. The largest absolute Gasteiger partial charge is 0.485 e. The van der Waals surface area contributed by atoms with E-state index in [1.807, 2.05) is 6.07 Å². The Labute approximate surface area is 285 Å². The van der Waals surface area contributed by atoms with E-state index in [2.05, 4.69) is 25.1 Å². The highest BCUT2D eigenvalue weighted by Gasteiger charge is 2.58. The summed E-state index contributed by atoms with van der Waals surface area (Å²) in [5.41, 5.74) is 8.60. The number of amidine groups is 1. The number of benzene rings is 1. The second-order valence-corrected chi connectivity index (χ2v) is 14.7. The molecular formula is C29H38N8O10S2. The van der Waals surface area contributed by atoms with E-state index in [4.69, 9.17) is 31.0 Å². The van der Waals surface area contributed by atoms with Gasteiger partial charge in [0, 0.05) is 16.5 Å². The van der Waals surface area contributed by atoms with E-state index in [-0.39, 0.29) is 28.6 Å². The van der Waals surface area contributed by atoms with E-state index in [1.54, 1.807) is 12.1 Å². The number of carboxylic acid groups (broad SMARTS) is 1. The highest BCUT2D eigenvalue weighted by atomic mass is 32.3. The zero-order valence-electron chi connectivity index (χ0n) is 26.9. The highest BCUT2D eigenvalue weighted by Crippen LogP contribution is 2.40. The average molecular weight is 723 g/mol. The molecule has 1 unspecified atom stereocenters. The number of hydroxylamine groups is 2. The number of nitrogens with two attached hydrogens (primary N) is 2. The first-order chi connectivity index (χ1) is 22.9. The number of aryl methyl sites for hydroxylation is 1. The van der Waals surface area contributed by atoms with Gasteiger partial charge in [-0.2, -0.15) is 13.5 Å². The summed E-state index contributed by atoms with van der Waals surface area (Å²) in [6.07, 6.45) is 3.22. The molecule has 2 amide bonds. The van der Waals surface area contributed by atoms with Crippen molar-refractivity contribution in [2.75, 3.05) is 12.3 Å². The molecule has 5 rings (SSSR count). The van der Waals surface area contributed by atoms with Crippen molar-refractivity contribution in [3.8, 4) is 5.75 Å². The number of thiazole rings is 1. The van der Waals surface area contributed by atoms with Gasteiger partial charge in [0.2, 0.25) is 0 Å². The van der Waals surface area contributed by atoms with Gasteiger partial charge in [0.1, 0.15) is 23.3 Å². The van der Waals surface area contributed by atoms with E-state index in [0.717, 1.165) is 42.6 Å². The van der Waals surface area contributed by atoms with Crippen LogP contribution in [-0.4, -0.2) is 92.8 Å². The maximum Gasteiger partial charge on any atom is 0.418 e. The van der Waals surface area contributed by atoms with Crippen LogP contribution in [0.2, 0.25) is 0 Å². The quantitative estimate of drug-likeness (QED) is 0.0465. The summed E-state index contributed by atoms with van der Waals surface area (Å²) in [5, 5.41) is 30.3. The van der Waals surface area contributed by atoms with Crippen LogP contribution in [0.25, 0.3) is 0 Å². The van der Waals surface area contributed by atoms with Gasteiger partial charge in [-0.3, -0.25) is 19.6 Å². The van der Waals surface area contributed by atoms with Crippen LogP contribution in [0.1, 0.15) is 69.7 Å². The molecule has 0 spiro atoms. The van der Waals surface area contributed by atoms with Crippen LogP contribution in [0.3, 0.4) is 0 Å². The second-order valence-electron chi connectivity index (χ2n) is 12.8. The molecule has 1 saturated heterocycles. The molecule has 1 aromatic carbocycles. The maximum atomic E-state index is 13.5. The maximum absolute atomic E-state index is 13.5. The number of amides is 2. The number of hydrogen-bond donors (Lipinski definition) is 7. The number of aromatic nitrogens is 1. The third-order valence-electron chi connectivity index (χ3n) is 8.86. The van der Waals surface area contributed by atoms with Crippen molar-refractivity contribution in [1.82, 2.24) is 20.7 Å². The van der Waals surface area contributed by atoms with Crippen molar-refractivity contribution in [3.05, 3.63) is 40.4 Å². The fraction of sp³-hybridized carbons (Fsp3) is 0.517. The summed E-state index contributed by atoms with van der Waals surface area (Å²) in [4.78, 5) is 48.3. The number of carbonyl (C=O) groups excluding carboxylic acids is 2. The molecule has 18 nitrogen and oxygen atoms in total. The van der Waals surface area contributed by atoms with Crippen LogP contribution >= 0.6 is 11.3 Å². The molecule has 1 aliphatic carbocycles. The number of carboxylic acids is 1. The molecule has 266 valence electrons. The Morgan fingerprint density at radius 2 is 2.04 bits per heavy atom. The Morgan fingerprint density at radius 1 is 1.33 bits per heavy atom. The van der Waals surface area contributed by atoms with Gasteiger partial charge in [0.25, 0.3) is 17.4 Å². The minimum absolute atomic E-state index is 0.0574. The number of ether oxygens (including phenoxy) is 1. The lowest BCUT2D eigenvalue weighted by Crippen LogP contribution is -2.76. The van der Waals surface area contributed by atoms with Crippen molar-refractivity contribution >= 4 is 56.2 Å². The van der Waals surface area contributed by atoms with Gasteiger partial charge in [0.15, 0.2) is 16.9 Å². The number of nitrogens with one attached hydrogen (secondary N) is 3. The molecule has 0 bridgehead atoms. The molecule has 49 heavy (non-hydrogen) atoms. The number of rotatable bonds is 14. The number of aliphatic carboxylic acids is 1. The fourth-order valence-electron chi connectivity index (χ4n) is 5.69. The van der Waals surface area contributed by atoms with Gasteiger partial charge >= 0.3 is 16.4 Å². The Kier molecular flexibility index (Phi) is 9.65. The van der Waals surface area contributed by atoms with Crippen LogP contribution in [0.4, 0.5) is 5.13 Å². The molecule has 3 atom stereocenters. The summed E-state index contributed by atoms with van der Waals surface area (Å²) >= 11 is 0.964. The van der Waals surface area contributed by atoms with Crippen molar-refractivity contribution in [2.45, 2.75) is 88.1 Å². The smallest absolute Gasteiger partial charge is 0.418 e. The Hall–Kier alpha value is -4.37. The monoisotopic (exact) mass is 722 g/mol. The molecule has 20 heteroatoms. The number of fused-ring (bicyclic) bond motifs is 1. The molecule has 3 aliphatic rings. The van der Waals surface area contributed by atoms with Gasteiger partial charge in [0.05, 0.1) is 5.54 Å². The number of β-lactam (4-membered cyclic amide) rings is 1. The predicted octanol–water partition coefficient (Wildman–Crippen LogP) is 0.710. The van der Waals surface area contributed by atoms with Crippen LogP contribution in [0.15, 0.2) is 28.7 Å². The summed E-state index contributed by atoms with van der Waals surface area (Å²) < 4.78 is 41.7. The first kappa shape index (κ1) is 35.9. The van der Waals surface area contributed by atoms with Crippen LogP contribution < -0.4 is 26.8 Å². The third-order valence-corrected chi connectivity index (χ3v) is 9.88. The normalized spacial score (nSPS) is 22.1. The molecule has 0 radical (unpaired) electrons. The van der Waals surface area contributed by atoms with Gasteiger partial charge in [-0.1, -0.05) is 5.16 Å². The molecule has 1 aromatic heterocycles. The number of carbonyl (C=O) groups is 3. The fourth-order valence-corrected chi connectivity index (χ4v) is 6.70. The second kappa shape index (κ2) is 13.2. The van der Waals surface area contributed by atoms with Crippen LogP contribution in [-0.2, 0) is 40.3 Å². The molecule has 2 aliphatic heterocycles. The van der Waals surface area contributed by atoms with E-state index in [1.165, 1.54) is 26.2 Å². The minimum Gasteiger partial charge on any atom is -0.485 e. The number of nitrogen functional groups attached to an aromatic ring is 1. The minimum atomic E-state index is -5.03. The SMILES string of the molecule is CC(O/N=C(\C(=O)N[C@@H]1C(=O)N(OS(=O)(=O)O)C1(C)C)c1csc(N)n1)(C(=O)O)[C@H]1CCc2cc(C(=N)NC3(CCCN)CC3)ccc2O1. The Balaban J connectivity index is 1.33. The lowest BCUT2D eigenvalue weighted by Gasteiger charge is -2.50. The highest BCUT2D eigenvalue weighted by molar-refractivity contribution is 7.80. The van der Waals surface area contributed by atoms with E-state index >= 15 is 0 Å². The molecule has 3 heterocycles. The zero-order chi connectivity index (χ0) is 35.9. The zero-order valence-corrected chi connectivity index (χ0v) is 28.5. The van der Waals surface area contributed by atoms with Crippen LogP contribution in [0.5, 0.6) is 5.75 Å². The lowest BCUT2D eigenvalue weighted by molar-refractivity contribution is -0.218. The summed E-state index contributed by atoms with van der Waals surface area (Å²) in [6.45, 7) is 4.57. The molecule has 2 fully saturated rings. The summed E-state index contributed by atoms with van der Waals surface area (Å²) in [5.74, 6) is -2.77. The van der Waals surface area contributed by atoms with E-state index < -0.39 is 57.2 Å². The first-order valence-electron chi connectivity index (χ1n) is 15.3. The number of anilines is 1. The molecule has 2 aromatic rings. The Morgan fingerprint density at radius 3 is 2.61 bits per heavy atom. The summed E-state index contributed by atoms with van der Waals surface area (Å²) in [6, 6.07) is 3.88. The van der Waals surface area contributed by atoms with Gasteiger partial charge in [-0.05, 0) is 89.6 Å². The summed E-state index contributed by atoms with van der Waals surface area (Å²) in [7, 11) is -5.03. The average Bonchev–Trinajstić information content (AvgIpc) is 3.67. The van der Waals surface area contributed by atoms with Crippen LogP contribution in [0, 0.1) is 5.41 Å². The van der Waals surface area contributed by atoms with E-state index in [9.17, 15) is 27.9 Å². The van der Waals surface area contributed by atoms with E-state index in [0.29, 0.717) is 29.3 Å². The van der Waals surface area contributed by atoms with Gasteiger partial charge < -0.3 is 36.8 Å². The number of oxime groups is 1. The lowest BCUT2D eigenvalue weighted by atomic mass is 9.84. The van der Waals surface area contributed by atoms with Crippen molar-refractivity contribution in [3.63, 3.8) is 0 Å². The molecular weight excluding hydrogens is 684 g/mol. The third kappa shape index (κ3) is 7.47. The molecule has 1 saturated carbocycles. The topological polar surface area (TPSA) is 282 Å². The number of hydrogen-bond acceptors (Lipinski definition) is 14. The Bertz CT molecular complexity index is 1810. The first-order valence-corrected chi connectivity index (χ1v) is 17.5. The van der Waals surface area contributed by atoms with Crippen molar-refractivity contribution in [2.24, 2.45) is 10.9 Å². The van der Waals surface area contributed by atoms with Gasteiger partial charge in [-0.15, -0.1) is 15.6 Å². The van der Waals surface area contributed by atoms with Crippen molar-refractivity contribution < 1.29 is 46.3 Å². The predicted molar refractivity (Wildman–Crippen MR) is 175 cm³/mol. The molecule has 9 N–H and O–H groups in total. The van der Waals surface area contributed by atoms with Gasteiger partial charge in [-0.25, -0.2) is 9.78 Å².